The van der Waals surface area contributed by atoms with E-state index in [0.29, 0.717) is 29.7 Å². The minimum Gasteiger partial charge on any atom is -0.497 e. The van der Waals surface area contributed by atoms with Crippen molar-refractivity contribution in [2.45, 2.75) is 75.3 Å². The summed E-state index contributed by atoms with van der Waals surface area (Å²) in [6, 6.07) is 17.2. The first-order valence-electron chi connectivity index (χ1n) is 15.7. The van der Waals surface area contributed by atoms with Crippen LogP contribution in [0, 0.1) is 17.8 Å². The summed E-state index contributed by atoms with van der Waals surface area (Å²) in [6.07, 6.45) is 4.39. The molecule has 1 saturated carbocycles. The number of carbonyl (C=O) groups excluding carboxylic acids is 2. The highest BCUT2D eigenvalue weighted by Crippen LogP contribution is 2.68. The maximum Gasteiger partial charge on any atom is 0.310 e. The summed E-state index contributed by atoms with van der Waals surface area (Å²) in [4.78, 5) is 26.8. The summed E-state index contributed by atoms with van der Waals surface area (Å²) < 4.78 is 32.0. The molecule has 0 spiro atoms. The molecular weight excluding hydrogens is 572 g/mol. The summed E-state index contributed by atoms with van der Waals surface area (Å²) in [7, 11) is 1.58. The lowest BCUT2D eigenvalue weighted by Crippen LogP contribution is -2.70. The summed E-state index contributed by atoms with van der Waals surface area (Å²) in [5, 5.41) is 12.4. The van der Waals surface area contributed by atoms with Crippen LogP contribution < -0.4 is 4.74 Å². The molecule has 3 aliphatic carbocycles. The zero-order valence-electron chi connectivity index (χ0n) is 26.2. The topological polar surface area (TPSA) is 101 Å². The van der Waals surface area contributed by atoms with Gasteiger partial charge in [0.05, 0.1) is 25.6 Å². The third-order valence-corrected chi connectivity index (χ3v) is 10.6. The van der Waals surface area contributed by atoms with E-state index in [9.17, 15) is 14.7 Å². The van der Waals surface area contributed by atoms with Crippen LogP contribution in [0.2, 0.25) is 0 Å². The number of methoxy groups -OCH3 is 1. The maximum atomic E-state index is 13.8. The molecule has 2 aromatic carbocycles. The zero-order chi connectivity index (χ0) is 31.8. The van der Waals surface area contributed by atoms with Crippen molar-refractivity contribution in [3.8, 4) is 5.75 Å². The van der Waals surface area contributed by atoms with Crippen LogP contribution in [0.4, 0.5) is 0 Å². The first kappa shape index (κ1) is 30.1. The van der Waals surface area contributed by atoms with E-state index in [2.05, 4.69) is 13.5 Å². The molecule has 1 unspecified atom stereocenters. The number of ether oxygens (including phenoxy) is 5. The van der Waals surface area contributed by atoms with Crippen LogP contribution in [0.1, 0.15) is 44.7 Å². The normalized spacial score (nSPS) is 37.7. The summed E-state index contributed by atoms with van der Waals surface area (Å²) in [6.45, 7) is 10.1. The summed E-state index contributed by atoms with van der Waals surface area (Å²) in [5.41, 5.74) is 0.0803. The molecule has 3 bridgehead atoms. The Balaban J connectivity index is 1.28. The fourth-order valence-corrected chi connectivity index (χ4v) is 8.66. The lowest BCUT2D eigenvalue weighted by Gasteiger charge is -2.59. The first-order valence-corrected chi connectivity index (χ1v) is 15.7. The van der Waals surface area contributed by atoms with Gasteiger partial charge in [0.25, 0.3) is 5.97 Å². The molecule has 0 amide bonds. The number of aliphatic hydroxyl groups is 1. The van der Waals surface area contributed by atoms with E-state index in [4.69, 9.17) is 23.7 Å². The predicted molar refractivity (Wildman–Crippen MR) is 165 cm³/mol. The van der Waals surface area contributed by atoms with Gasteiger partial charge in [0.1, 0.15) is 29.7 Å². The summed E-state index contributed by atoms with van der Waals surface area (Å²) in [5.74, 6) is -2.75. The standard InChI is InChI=1S/C37H40O8/c1-22(2)35-18-24(4)37-29(33(35)43-36(44-35,45-37)20-25-10-7-6-8-11-25)16-27(19-34(40)30(37)14-23(3)32(34)39)21-42-31(38)17-26-12-9-13-28(15-26)41-5/h6-16,24,29-30,33,40H,1,17-21H2,2-5H3/t24-,29+,30-,33+,34-,35-,36?,37-/m1/s1. The van der Waals surface area contributed by atoms with Crippen molar-refractivity contribution < 1.29 is 38.4 Å². The molecule has 236 valence electrons. The highest BCUT2D eigenvalue weighted by atomic mass is 16.9. The van der Waals surface area contributed by atoms with Crippen molar-refractivity contribution in [3.63, 3.8) is 0 Å². The average molecular weight is 613 g/mol. The van der Waals surface area contributed by atoms with Crippen molar-refractivity contribution >= 4 is 11.8 Å². The molecule has 45 heavy (non-hydrogen) atoms. The molecule has 0 radical (unpaired) electrons. The van der Waals surface area contributed by atoms with Crippen molar-refractivity contribution in [1.82, 2.24) is 0 Å². The molecule has 0 aromatic heterocycles. The van der Waals surface area contributed by atoms with Gasteiger partial charge in [0, 0.05) is 18.3 Å². The lowest BCUT2D eigenvalue weighted by atomic mass is 9.55. The largest absolute Gasteiger partial charge is 0.497 e. The van der Waals surface area contributed by atoms with Crippen LogP contribution in [-0.4, -0.2) is 59.5 Å². The molecule has 3 fully saturated rings. The number of esters is 1. The maximum absolute atomic E-state index is 13.8. The summed E-state index contributed by atoms with van der Waals surface area (Å²) >= 11 is 0. The SMILES string of the molecule is C=C(C)[C@]12C[C@@H](C)[C@@]34OC(Cc5ccccc5)(O[C@H]1[C@@H]3C=C(COC(=O)Cc1cccc(OC)c1)C[C@]1(O)C(=O)C(C)=C[C@@H]41)O2. The van der Waals surface area contributed by atoms with Gasteiger partial charge in [-0.25, -0.2) is 0 Å². The van der Waals surface area contributed by atoms with E-state index in [1.165, 1.54) is 0 Å². The molecule has 2 aromatic rings. The van der Waals surface area contributed by atoms with E-state index in [1.807, 2.05) is 67.6 Å². The highest BCUT2D eigenvalue weighted by Gasteiger charge is 2.79. The van der Waals surface area contributed by atoms with E-state index in [0.717, 1.165) is 16.7 Å². The Morgan fingerprint density at radius 3 is 2.58 bits per heavy atom. The number of Topliss-reactive ketones (excluding diaryl/α,β-unsaturated/α-hetero) is 1. The second-order valence-electron chi connectivity index (χ2n) is 13.5. The highest BCUT2D eigenvalue weighted by molar-refractivity contribution is 6.04. The third kappa shape index (κ3) is 4.48. The Kier molecular flexibility index (Phi) is 7.02. The second kappa shape index (κ2) is 10.5. The zero-order valence-corrected chi connectivity index (χ0v) is 26.2. The Labute approximate surface area is 263 Å². The van der Waals surface area contributed by atoms with E-state index in [-0.39, 0.29) is 31.1 Å². The van der Waals surface area contributed by atoms with Crippen LogP contribution in [0.15, 0.2) is 90.0 Å². The van der Waals surface area contributed by atoms with E-state index < -0.39 is 46.7 Å². The number of hydrogen-bond donors (Lipinski definition) is 1. The smallest absolute Gasteiger partial charge is 0.310 e. The third-order valence-electron chi connectivity index (χ3n) is 10.6. The predicted octanol–water partition coefficient (Wildman–Crippen LogP) is 5.04. The average Bonchev–Trinajstić information content (AvgIpc) is 3.32. The van der Waals surface area contributed by atoms with Gasteiger partial charge < -0.3 is 28.8 Å². The Hall–Kier alpha value is -3.56. The fourth-order valence-electron chi connectivity index (χ4n) is 8.66. The number of benzene rings is 2. The number of rotatable bonds is 8. The lowest BCUT2D eigenvalue weighted by molar-refractivity contribution is -0.421. The van der Waals surface area contributed by atoms with Gasteiger partial charge in [-0.2, -0.15) is 0 Å². The van der Waals surface area contributed by atoms with Crippen molar-refractivity contribution in [2.75, 3.05) is 13.7 Å². The van der Waals surface area contributed by atoms with Gasteiger partial charge in [-0.3, -0.25) is 9.59 Å². The van der Waals surface area contributed by atoms with Crippen molar-refractivity contribution in [1.29, 1.82) is 0 Å². The minimum atomic E-state index is -1.77. The number of ketones is 1. The van der Waals surface area contributed by atoms with Crippen LogP contribution in [0.5, 0.6) is 5.75 Å². The van der Waals surface area contributed by atoms with Gasteiger partial charge in [-0.1, -0.05) is 68.1 Å². The van der Waals surface area contributed by atoms with Gasteiger partial charge in [-0.05, 0) is 66.2 Å². The van der Waals surface area contributed by atoms with Gasteiger partial charge in [0.2, 0.25) is 0 Å². The number of fused-ring (bicyclic) bond motifs is 2. The molecule has 8 atom stereocenters. The molecule has 2 saturated heterocycles. The van der Waals surface area contributed by atoms with Crippen LogP contribution in [0.3, 0.4) is 0 Å². The van der Waals surface area contributed by atoms with Crippen molar-refractivity contribution in [3.05, 3.63) is 101 Å². The second-order valence-corrected chi connectivity index (χ2v) is 13.5. The van der Waals surface area contributed by atoms with E-state index >= 15 is 0 Å². The van der Waals surface area contributed by atoms with E-state index in [1.54, 1.807) is 20.1 Å². The van der Waals surface area contributed by atoms with Crippen molar-refractivity contribution in [2.24, 2.45) is 17.8 Å². The molecule has 7 rings (SSSR count). The molecule has 5 aliphatic rings. The number of hydrogen-bond acceptors (Lipinski definition) is 8. The quantitative estimate of drug-likeness (QED) is 0.327. The fraction of sp³-hybridized carbons (Fsp3) is 0.459. The molecule has 2 heterocycles. The number of carbonyl (C=O) groups is 2. The molecule has 2 aliphatic heterocycles. The molecule has 1 N–H and O–H groups in total. The van der Waals surface area contributed by atoms with Gasteiger partial charge in [0.15, 0.2) is 5.78 Å². The van der Waals surface area contributed by atoms with Crippen LogP contribution >= 0.6 is 0 Å². The Morgan fingerprint density at radius 1 is 1.09 bits per heavy atom. The molecular formula is C37H40O8. The minimum absolute atomic E-state index is 0.0183. The van der Waals surface area contributed by atoms with Gasteiger partial charge in [-0.15, -0.1) is 0 Å². The molecule has 8 heteroatoms. The monoisotopic (exact) mass is 612 g/mol. The van der Waals surface area contributed by atoms with Crippen LogP contribution in [-0.2, 0) is 41.4 Å². The van der Waals surface area contributed by atoms with Gasteiger partial charge >= 0.3 is 5.97 Å². The molecule has 8 nitrogen and oxygen atoms in total. The van der Waals surface area contributed by atoms with Crippen LogP contribution in [0.25, 0.3) is 0 Å². The Morgan fingerprint density at radius 2 is 1.84 bits per heavy atom. The Bertz CT molecular complexity index is 1630. The first-order chi connectivity index (χ1) is 21.4.